The van der Waals surface area contributed by atoms with E-state index in [4.69, 9.17) is 9.97 Å². The second-order valence-corrected chi connectivity index (χ2v) is 14.2. The molecule has 0 saturated heterocycles. The normalized spacial score (nSPS) is 11.6. The van der Waals surface area contributed by atoms with Gasteiger partial charge in [0.1, 0.15) is 0 Å². The zero-order valence-corrected chi connectivity index (χ0v) is 30.4. The maximum atomic E-state index is 5.08. The first-order chi connectivity index (χ1) is 27.8. The molecule has 3 aromatic heterocycles. The van der Waals surface area contributed by atoms with E-state index in [1.165, 1.54) is 54.7 Å². The van der Waals surface area contributed by atoms with E-state index in [2.05, 4.69) is 179 Å². The van der Waals surface area contributed by atoms with E-state index in [-0.39, 0.29) is 0 Å². The largest absolute Gasteiger partial charge is 0.309 e. The standard InChI is InChI=1S/C52H34N4/c1-4-14-35(15-5-1)46-34-47(54-52(53-46)37-16-6-2-7-17-37)36-24-28-41(29-25-36)56-49-23-13-11-21-43(49)45-31-27-39(33-51(45)56)38-26-30-44-42-20-10-12-22-48(42)55(50(44)32-38)40-18-8-3-9-19-40/h1-34H. The van der Waals surface area contributed by atoms with Crippen LogP contribution in [0.1, 0.15) is 0 Å². The summed E-state index contributed by atoms with van der Waals surface area (Å²) in [5.74, 6) is 0.711. The first-order valence-electron chi connectivity index (χ1n) is 19.0. The summed E-state index contributed by atoms with van der Waals surface area (Å²) in [6.45, 7) is 0. The van der Waals surface area contributed by atoms with Gasteiger partial charge in [-0.05, 0) is 65.7 Å². The number of fused-ring (bicyclic) bond motifs is 6. The second-order valence-electron chi connectivity index (χ2n) is 14.2. The van der Waals surface area contributed by atoms with Crippen molar-refractivity contribution >= 4 is 43.6 Å². The average molecular weight is 715 g/mol. The number of hydrogen-bond acceptors (Lipinski definition) is 2. The topological polar surface area (TPSA) is 35.6 Å². The molecule has 0 aliphatic rings. The second kappa shape index (κ2) is 13.1. The molecule has 0 saturated carbocycles. The van der Waals surface area contributed by atoms with E-state index in [0.717, 1.165) is 39.5 Å². The Kier molecular flexibility index (Phi) is 7.46. The Morgan fingerprint density at radius 3 is 1.20 bits per heavy atom. The van der Waals surface area contributed by atoms with Crippen molar-refractivity contribution in [1.82, 2.24) is 19.1 Å². The van der Waals surface area contributed by atoms with Crippen LogP contribution in [0.15, 0.2) is 206 Å². The number of para-hydroxylation sites is 3. The molecule has 0 amide bonds. The minimum atomic E-state index is 0.711. The van der Waals surface area contributed by atoms with Gasteiger partial charge in [-0.1, -0.05) is 152 Å². The van der Waals surface area contributed by atoms with E-state index < -0.39 is 0 Å². The maximum absolute atomic E-state index is 5.08. The summed E-state index contributed by atoms with van der Waals surface area (Å²) < 4.78 is 4.77. The number of aromatic nitrogens is 4. The summed E-state index contributed by atoms with van der Waals surface area (Å²) in [5, 5.41) is 4.96. The predicted octanol–water partition coefficient (Wildman–Crippen LogP) is 13.3. The Morgan fingerprint density at radius 2 is 0.661 bits per heavy atom. The molecule has 0 spiro atoms. The molecule has 0 radical (unpaired) electrons. The molecule has 4 nitrogen and oxygen atoms in total. The van der Waals surface area contributed by atoms with Crippen molar-refractivity contribution in [2.45, 2.75) is 0 Å². The summed E-state index contributed by atoms with van der Waals surface area (Å²) in [6, 6.07) is 73.3. The molecule has 0 atom stereocenters. The van der Waals surface area contributed by atoms with Gasteiger partial charge >= 0.3 is 0 Å². The molecule has 11 aromatic rings. The fourth-order valence-corrected chi connectivity index (χ4v) is 8.28. The van der Waals surface area contributed by atoms with Crippen LogP contribution in [0.2, 0.25) is 0 Å². The minimum absolute atomic E-state index is 0.711. The number of rotatable bonds is 6. The van der Waals surface area contributed by atoms with Gasteiger partial charge in [0.15, 0.2) is 5.82 Å². The lowest BCUT2D eigenvalue weighted by Crippen LogP contribution is -1.97. The molecule has 3 heterocycles. The summed E-state index contributed by atoms with van der Waals surface area (Å²) in [7, 11) is 0. The van der Waals surface area contributed by atoms with Crippen molar-refractivity contribution in [3.63, 3.8) is 0 Å². The lowest BCUT2D eigenvalue weighted by atomic mass is 10.0. The van der Waals surface area contributed by atoms with Gasteiger partial charge in [0.25, 0.3) is 0 Å². The zero-order chi connectivity index (χ0) is 37.0. The number of hydrogen-bond donors (Lipinski definition) is 0. The molecule has 11 rings (SSSR count). The molecular formula is C52H34N4. The molecule has 0 unspecified atom stereocenters. The molecule has 0 aliphatic carbocycles. The van der Waals surface area contributed by atoms with E-state index in [9.17, 15) is 0 Å². The van der Waals surface area contributed by atoms with Gasteiger partial charge in [0.05, 0.1) is 33.5 Å². The monoisotopic (exact) mass is 714 g/mol. The first kappa shape index (κ1) is 31.9. The van der Waals surface area contributed by atoms with Crippen molar-refractivity contribution in [1.29, 1.82) is 0 Å². The minimum Gasteiger partial charge on any atom is -0.309 e. The molecular weight excluding hydrogens is 681 g/mol. The molecule has 0 fully saturated rings. The third kappa shape index (κ3) is 5.31. The quantitative estimate of drug-likeness (QED) is 0.172. The fourth-order valence-electron chi connectivity index (χ4n) is 8.28. The summed E-state index contributed by atoms with van der Waals surface area (Å²) >= 11 is 0. The Bertz CT molecular complexity index is 3160. The Morgan fingerprint density at radius 1 is 0.268 bits per heavy atom. The molecule has 0 N–H and O–H groups in total. The highest BCUT2D eigenvalue weighted by Crippen LogP contribution is 2.38. The van der Waals surface area contributed by atoms with Crippen LogP contribution in [0.4, 0.5) is 0 Å². The first-order valence-corrected chi connectivity index (χ1v) is 19.0. The van der Waals surface area contributed by atoms with E-state index in [0.29, 0.717) is 5.82 Å². The van der Waals surface area contributed by atoms with Crippen molar-refractivity contribution in [2.75, 3.05) is 0 Å². The zero-order valence-electron chi connectivity index (χ0n) is 30.4. The molecule has 0 bridgehead atoms. The third-order valence-electron chi connectivity index (χ3n) is 10.9. The van der Waals surface area contributed by atoms with Gasteiger partial charge in [0, 0.05) is 49.6 Å². The average Bonchev–Trinajstić information content (AvgIpc) is 3.79. The van der Waals surface area contributed by atoms with E-state index in [1.54, 1.807) is 0 Å². The van der Waals surface area contributed by atoms with Gasteiger partial charge in [-0.25, -0.2) is 9.97 Å². The summed E-state index contributed by atoms with van der Waals surface area (Å²) in [5.41, 5.74) is 14.2. The van der Waals surface area contributed by atoms with E-state index in [1.807, 2.05) is 36.4 Å². The highest BCUT2D eigenvalue weighted by Gasteiger charge is 2.17. The van der Waals surface area contributed by atoms with Crippen molar-refractivity contribution in [3.8, 4) is 56.4 Å². The van der Waals surface area contributed by atoms with Gasteiger partial charge in [-0.15, -0.1) is 0 Å². The van der Waals surface area contributed by atoms with Crippen LogP contribution in [0, 0.1) is 0 Å². The Hall–Kier alpha value is -7.56. The molecule has 56 heavy (non-hydrogen) atoms. The van der Waals surface area contributed by atoms with Crippen LogP contribution in [0.25, 0.3) is 100 Å². The molecule has 262 valence electrons. The number of benzene rings is 8. The molecule has 4 heteroatoms. The number of nitrogens with zero attached hydrogens (tertiary/aromatic N) is 4. The Balaban J connectivity index is 1.04. The van der Waals surface area contributed by atoms with Gasteiger partial charge in [-0.2, -0.15) is 0 Å². The Labute approximate surface area is 324 Å². The van der Waals surface area contributed by atoms with Gasteiger partial charge in [-0.3, -0.25) is 0 Å². The maximum Gasteiger partial charge on any atom is 0.160 e. The van der Waals surface area contributed by atoms with Crippen molar-refractivity contribution in [3.05, 3.63) is 206 Å². The third-order valence-corrected chi connectivity index (χ3v) is 10.9. The van der Waals surface area contributed by atoms with Crippen LogP contribution in [0.3, 0.4) is 0 Å². The summed E-state index contributed by atoms with van der Waals surface area (Å²) in [6.07, 6.45) is 0. The van der Waals surface area contributed by atoms with Crippen molar-refractivity contribution < 1.29 is 0 Å². The van der Waals surface area contributed by atoms with Gasteiger partial charge < -0.3 is 9.13 Å². The molecule has 8 aromatic carbocycles. The smallest absolute Gasteiger partial charge is 0.160 e. The lowest BCUT2D eigenvalue weighted by Gasteiger charge is -2.12. The van der Waals surface area contributed by atoms with Crippen LogP contribution < -0.4 is 0 Å². The van der Waals surface area contributed by atoms with Gasteiger partial charge in [0.2, 0.25) is 0 Å². The van der Waals surface area contributed by atoms with E-state index >= 15 is 0 Å². The van der Waals surface area contributed by atoms with Crippen molar-refractivity contribution in [2.24, 2.45) is 0 Å². The fraction of sp³-hybridized carbons (Fsp3) is 0. The highest BCUT2D eigenvalue weighted by molar-refractivity contribution is 6.12. The van der Waals surface area contributed by atoms with Crippen LogP contribution in [-0.2, 0) is 0 Å². The predicted molar refractivity (Wildman–Crippen MR) is 232 cm³/mol. The SMILES string of the molecule is c1ccc(-c2cc(-c3ccc(-n4c5ccccc5c5ccc(-c6ccc7c8ccccc8n(-c8ccccc8)c7c6)cc54)cc3)nc(-c3ccccc3)n2)cc1. The lowest BCUT2D eigenvalue weighted by molar-refractivity contribution is 1.17. The summed E-state index contributed by atoms with van der Waals surface area (Å²) in [4.78, 5) is 10.1. The van der Waals surface area contributed by atoms with Crippen LogP contribution in [0.5, 0.6) is 0 Å². The molecule has 0 aliphatic heterocycles. The highest BCUT2D eigenvalue weighted by atomic mass is 15.0. The van der Waals surface area contributed by atoms with Crippen LogP contribution >= 0.6 is 0 Å². The van der Waals surface area contributed by atoms with Crippen LogP contribution in [-0.4, -0.2) is 19.1 Å².